The lowest BCUT2D eigenvalue weighted by atomic mass is 10.1. The molecule has 0 saturated heterocycles. The lowest BCUT2D eigenvalue weighted by Gasteiger charge is -2.03. The summed E-state index contributed by atoms with van der Waals surface area (Å²) in [6.45, 7) is 0. The van der Waals surface area contributed by atoms with Crippen molar-refractivity contribution in [2.45, 2.75) is 0 Å². The van der Waals surface area contributed by atoms with Gasteiger partial charge in [0.25, 0.3) is 0 Å². The van der Waals surface area contributed by atoms with Gasteiger partial charge in [-0.25, -0.2) is 4.98 Å². The summed E-state index contributed by atoms with van der Waals surface area (Å²) < 4.78 is 7.20. The van der Waals surface area contributed by atoms with Gasteiger partial charge >= 0.3 is 0 Å². The number of ether oxygens (including phenoxy) is 1. The molecule has 2 aromatic heterocycles. The Labute approximate surface area is 110 Å². The lowest BCUT2D eigenvalue weighted by molar-refractivity contribution is 0.398. The first-order valence-corrected chi connectivity index (χ1v) is 5.92. The second-order valence-corrected chi connectivity index (χ2v) is 4.32. The Balaban J connectivity index is 2.27. The number of benzene rings is 1. The molecule has 3 aromatic rings. The van der Waals surface area contributed by atoms with Crippen LogP contribution in [0.2, 0.25) is 0 Å². The van der Waals surface area contributed by atoms with E-state index in [1.165, 1.54) is 0 Å². The zero-order valence-electron chi connectivity index (χ0n) is 10.8. The maximum absolute atomic E-state index is 5.71. The zero-order chi connectivity index (χ0) is 13.4. The molecule has 0 radical (unpaired) electrons. The third kappa shape index (κ3) is 1.89. The molecule has 2 heterocycles. The molecule has 0 bridgehead atoms. The molecule has 5 nitrogen and oxygen atoms in total. The third-order valence-electron chi connectivity index (χ3n) is 3.10. The number of methoxy groups -OCH3 is 1. The Morgan fingerprint density at radius 3 is 2.79 bits per heavy atom. The van der Waals surface area contributed by atoms with Gasteiger partial charge in [0.2, 0.25) is 11.8 Å². The number of aromatic nitrogens is 3. The van der Waals surface area contributed by atoms with Crippen LogP contribution in [-0.4, -0.2) is 21.6 Å². The first kappa shape index (κ1) is 11.5. The SMILES string of the molecule is COc1cc(-c2cn(C)c3ccccc23)nc(N)n1. The van der Waals surface area contributed by atoms with Crippen LogP contribution < -0.4 is 10.5 Å². The van der Waals surface area contributed by atoms with Crippen LogP contribution in [0, 0.1) is 0 Å². The van der Waals surface area contributed by atoms with Crippen LogP contribution >= 0.6 is 0 Å². The average molecular weight is 254 g/mol. The molecular formula is C14H14N4O. The molecule has 1 aromatic carbocycles. The Kier molecular flexibility index (Phi) is 2.59. The van der Waals surface area contributed by atoms with E-state index in [0.29, 0.717) is 5.88 Å². The van der Waals surface area contributed by atoms with E-state index in [-0.39, 0.29) is 5.95 Å². The quantitative estimate of drug-likeness (QED) is 0.761. The summed E-state index contributed by atoms with van der Waals surface area (Å²) in [4.78, 5) is 8.29. The number of rotatable bonds is 2. The zero-order valence-corrected chi connectivity index (χ0v) is 10.8. The smallest absolute Gasteiger partial charge is 0.223 e. The second-order valence-electron chi connectivity index (χ2n) is 4.32. The van der Waals surface area contributed by atoms with Gasteiger partial charge in [0.15, 0.2) is 0 Å². The minimum absolute atomic E-state index is 0.210. The van der Waals surface area contributed by atoms with Gasteiger partial charge in [-0.3, -0.25) is 0 Å². The number of nitrogens with two attached hydrogens (primary N) is 1. The second kappa shape index (κ2) is 4.28. The molecule has 0 fully saturated rings. The minimum atomic E-state index is 0.210. The Morgan fingerprint density at radius 2 is 2.00 bits per heavy atom. The van der Waals surface area contributed by atoms with Gasteiger partial charge in [0, 0.05) is 35.8 Å². The molecule has 96 valence electrons. The predicted molar refractivity (Wildman–Crippen MR) is 74.9 cm³/mol. The molecule has 0 aliphatic carbocycles. The molecule has 3 rings (SSSR count). The van der Waals surface area contributed by atoms with Crippen molar-refractivity contribution in [2.75, 3.05) is 12.8 Å². The van der Waals surface area contributed by atoms with E-state index in [1.807, 2.05) is 25.4 Å². The first-order valence-electron chi connectivity index (χ1n) is 5.92. The van der Waals surface area contributed by atoms with Gasteiger partial charge < -0.3 is 15.0 Å². The number of aryl methyl sites for hydroxylation is 1. The summed E-state index contributed by atoms with van der Waals surface area (Å²) in [5.41, 5.74) is 8.65. The first-order chi connectivity index (χ1) is 9.19. The van der Waals surface area contributed by atoms with Gasteiger partial charge in [-0.15, -0.1) is 0 Å². The van der Waals surface area contributed by atoms with Gasteiger partial charge in [0.05, 0.1) is 12.8 Å². The molecule has 5 heteroatoms. The maximum atomic E-state index is 5.71. The van der Waals surface area contributed by atoms with Crippen LogP contribution in [0.4, 0.5) is 5.95 Å². The van der Waals surface area contributed by atoms with Crippen molar-refractivity contribution in [1.29, 1.82) is 0 Å². The number of anilines is 1. The van der Waals surface area contributed by atoms with E-state index in [1.54, 1.807) is 13.2 Å². The Hall–Kier alpha value is -2.56. The van der Waals surface area contributed by atoms with E-state index in [9.17, 15) is 0 Å². The van der Waals surface area contributed by atoms with Crippen LogP contribution in [0.25, 0.3) is 22.2 Å². The summed E-state index contributed by atoms with van der Waals surface area (Å²) >= 11 is 0. The highest BCUT2D eigenvalue weighted by Crippen LogP contribution is 2.30. The number of hydrogen-bond acceptors (Lipinski definition) is 4. The number of nitrogens with zero attached hydrogens (tertiary/aromatic N) is 3. The fourth-order valence-corrected chi connectivity index (χ4v) is 2.23. The highest BCUT2D eigenvalue weighted by molar-refractivity contribution is 5.95. The summed E-state index contributed by atoms with van der Waals surface area (Å²) in [6, 6.07) is 9.95. The summed E-state index contributed by atoms with van der Waals surface area (Å²) in [5, 5.41) is 1.13. The van der Waals surface area contributed by atoms with Crippen LogP contribution in [-0.2, 0) is 7.05 Å². The summed E-state index contributed by atoms with van der Waals surface area (Å²) in [6.07, 6.45) is 2.03. The van der Waals surface area contributed by atoms with Gasteiger partial charge in [0.1, 0.15) is 0 Å². The van der Waals surface area contributed by atoms with Crippen molar-refractivity contribution < 1.29 is 4.74 Å². The van der Waals surface area contributed by atoms with Crippen LogP contribution in [0.1, 0.15) is 0 Å². The number of para-hydroxylation sites is 1. The molecular weight excluding hydrogens is 240 g/mol. The number of nitrogen functional groups attached to an aromatic ring is 1. The molecule has 0 unspecified atom stereocenters. The van der Waals surface area contributed by atoms with E-state index in [4.69, 9.17) is 10.5 Å². The van der Waals surface area contributed by atoms with Gasteiger partial charge in [-0.05, 0) is 6.07 Å². The Morgan fingerprint density at radius 1 is 1.21 bits per heavy atom. The fraction of sp³-hybridized carbons (Fsp3) is 0.143. The van der Waals surface area contributed by atoms with E-state index in [0.717, 1.165) is 22.2 Å². The number of hydrogen-bond donors (Lipinski definition) is 1. The van der Waals surface area contributed by atoms with Crippen LogP contribution in [0.5, 0.6) is 5.88 Å². The van der Waals surface area contributed by atoms with Crippen molar-refractivity contribution in [2.24, 2.45) is 7.05 Å². The third-order valence-corrected chi connectivity index (χ3v) is 3.10. The van der Waals surface area contributed by atoms with Crippen molar-refractivity contribution in [3.05, 3.63) is 36.5 Å². The minimum Gasteiger partial charge on any atom is -0.481 e. The van der Waals surface area contributed by atoms with Gasteiger partial charge in [-0.2, -0.15) is 4.98 Å². The molecule has 0 atom stereocenters. The standard InChI is InChI=1S/C14H14N4O/c1-18-8-10(9-5-3-4-6-12(9)18)11-7-13(19-2)17-14(15)16-11/h3-8H,1-2H3,(H2,15,16,17). The number of fused-ring (bicyclic) bond motifs is 1. The van der Waals surface area contributed by atoms with Crippen molar-refractivity contribution >= 4 is 16.9 Å². The summed E-state index contributed by atoms with van der Waals surface area (Å²) in [7, 11) is 3.57. The summed E-state index contributed by atoms with van der Waals surface area (Å²) in [5.74, 6) is 0.678. The van der Waals surface area contributed by atoms with E-state index >= 15 is 0 Å². The monoisotopic (exact) mass is 254 g/mol. The fourth-order valence-electron chi connectivity index (χ4n) is 2.23. The van der Waals surface area contributed by atoms with E-state index < -0.39 is 0 Å². The normalized spacial score (nSPS) is 10.8. The molecule has 2 N–H and O–H groups in total. The Bertz CT molecular complexity index is 748. The molecule has 0 saturated carbocycles. The average Bonchev–Trinajstić information content (AvgIpc) is 2.76. The molecule has 0 aliphatic rings. The van der Waals surface area contributed by atoms with Crippen molar-refractivity contribution in [3.63, 3.8) is 0 Å². The van der Waals surface area contributed by atoms with Crippen molar-refractivity contribution in [3.8, 4) is 17.1 Å². The maximum Gasteiger partial charge on any atom is 0.223 e. The van der Waals surface area contributed by atoms with Gasteiger partial charge in [-0.1, -0.05) is 18.2 Å². The largest absolute Gasteiger partial charge is 0.481 e. The topological polar surface area (TPSA) is 66.0 Å². The lowest BCUT2D eigenvalue weighted by Crippen LogP contribution is -1.98. The predicted octanol–water partition coefficient (Wildman–Crippen LogP) is 2.23. The van der Waals surface area contributed by atoms with E-state index in [2.05, 4.69) is 26.7 Å². The molecule has 0 spiro atoms. The highest BCUT2D eigenvalue weighted by Gasteiger charge is 2.11. The van der Waals surface area contributed by atoms with Crippen molar-refractivity contribution in [1.82, 2.24) is 14.5 Å². The van der Waals surface area contributed by atoms with Crippen LogP contribution in [0.15, 0.2) is 36.5 Å². The highest BCUT2D eigenvalue weighted by atomic mass is 16.5. The molecule has 19 heavy (non-hydrogen) atoms. The van der Waals surface area contributed by atoms with Crippen LogP contribution in [0.3, 0.4) is 0 Å². The molecule has 0 aliphatic heterocycles. The molecule has 0 amide bonds.